The van der Waals surface area contributed by atoms with Crippen LogP contribution in [0.2, 0.25) is 0 Å². The SMILES string of the molecule is COc1ccc(NS(=O)(=O)c2cc(N3C(=O)CCCC3=O)ccc2OC)cc1. The monoisotopic (exact) mass is 404 g/mol. The maximum absolute atomic E-state index is 12.9. The van der Waals surface area contributed by atoms with Crippen molar-refractivity contribution in [3.63, 3.8) is 0 Å². The fraction of sp³-hybridized carbons (Fsp3) is 0.263. The van der Waals surface area contributed by atoms with Crippen LogP contribution in [0.5, 0.6) is 11.5 Å². The van der Waals surface area contributed by atoms with E-state index in [1.807, 2.05) is 0 Å². The van der Waals surface area contributed by atoms with E-state index in [-0.39, 0.29) is 41.0 Å². The molecule has 1 heterocycles. The van der Waals surface area contributed by atoms with Crippen molar-refractivity contribution < 1.29 is 27.5 Å². The first-order chi connectivity index (χ1) is 13.4. The Kier molecular flexibility index (Phi) is 5.55. The van der Waals surface area contributed by atoms with Crippen molar-refractivity contribution >= 4 is 33.2 Å². The zero-order chi connectivity index (χ0) is 20.3. The van der Waals surface area contributed by atoms with Crippen molar-refractivity contribution in [3.8, 4) is 11.5 Å². The number of anilines is 2. The Bertz CT molecular complexity index is 986. The van der Waals surface area contributed by atoms with Crippen LogP contribution in [0.25, 0.3) is 0 Å². The first kappa shape index (κ1) is 19.7. The summed E-state index contributed by atoms with van der Waals surface area (Å²) in [5.41, 5.74) is 0.531. The predicted octanol–water partition coefficient (Wildman–Crippen LogP) is 2.55. The Morgan fingerprint density at radius 1 is 0.929 bits per heavy atom. The quantitative estimate of drug-likeness (QED) is 0.743. The average Bonchev–Trinajstić information content (AvgIpc) is 2.68. The van der Waals surface area contributed by atoms with Gasteiger partial charge in [0.2, 0.25) is 11.8 Å². The summed E-state index contributed by atoms with van der Waals surface area (Å²) in [5, 5.41) is 0. The summed E-state index contributed by atoms with van der Waals surface area (Å²) in [4.78, 5) is 25.2. The summed E-state index contributed by atoms with van der Waals surface area (Å²) in [6.45, 7) is 0. The number of benzene rings is 2. The second kappa shape index (κ2) is 7.89. The Morgan fingerprint density at radius 3 is 2.14 bits per heavy atom. The van der Waals surface area contributed by atoms with E-state index in [4.69, 9.17) is 9.47 Å². The third-order valence-electron chi connectivity index (χ3n) is 4.32. The Balaban J connectivity index is 1.98. The molecule has 2 amide bonds. The molecule has 0 unspecified atom stereocenters. The summed E-state index contributed by atoms with van der Waals surface area (Å²) in [6, 6.07) is 10.5. The van der Waals surface area contributed by atoms with Crippen LogP contribution in [0, 0.1) is 0 Å². The van der Waals surface area contributed by atoms with Crippen molar-refractivity contribution in [1.82, 2.24) is 0 Å². The molecule has 1 aliphatic rings. The third-order valence-corrected chi connectivity index (χ3v) is 5.72. The van der Waals surface area contributed by atoms with Gasteiger partial charge in [-0.2, -0.15) is 0 Å². The average molecular weight is 404 g/mol. The van der Waals surface area contributed by atoms with Gasteiger partial charge >= 0.3 is 0 Å². The van der Waals surface area contributed by atoms with Crippen LogP contribution in [-0.4, -0.2) is 34.5 Å². The van der Waals surface area contributed by atoms with Gasteiger partial charge < -0.3 is 9.47 Å². The van der Waals surface area contributed by atoms with E-state index >= 15 is 0 Å². The van der Waals surface area contributed by atoms with Crippen LogP contribution >= 0.6 is 0 Å². The van der Waals surface area contributed by atoms with Gasteiger partial charge in [0.15, 0.2) is 0 Å². The summed E-state index contributed by atoms with van der Waals surface area (Å²) < 4.78 is 38.5. The molecule has 0 bridgehead atoms. The van der Waals surface area contributed by atoms with E-state index in [0.717, 1.165) is 4.90 Å². The first-order valence-corrected chi connectivity index (χ1v) is 10.0. The smallest absolute Gasteiger partial charge is 0.265 e. The minimum absolute atomic E-state index is 0.0988. The lowest BCUT2D eigenvalue weighted by atomic mass is 10.1. The van der Waals surface area contributed by atoms with E-state index < -0.39 is 10.0 Å². The van der Waals surface area contributed by atoms with Crippen molar-refractivity contribution in [2.75, 3.05) is 23.8 Å². The molecule has 1 fully saturated rings. The molecule has 0 aliphatic carbocycles. The topological polar surface area (TPSA) is 102 Å². The van der Waals surface area contributed by atoms with E-state index in [0.29, 0.717) is 17.9 Å². The first-order valence-electron chi connectivity index (χ1n) is 8.56. The van der Waals surface area contributed by atoms with E-state index in [2.05, 4.69) is 4.72 Å². The van der Waals surface area contributed by atoms with Crippen molar-refractivity contribution in [3.05, 3.63) is 42.5 Å². The van der Waals surface area contributed by atoms with E-state index in [1.54, 1.807) is 24.3 Å². The molecule has 1 saturated heterocycles. The number of carbonyl (C=O) groups is 2. The molecule has 1 N–H and O–H groups in total. The van der Waals surface area contributed by atoms with Gasteiger partial charge in [0.1, 0.15) is 16.4 Å². The number of rotatable bonds is 6. The minimum Gasteiger partial charge on any atom is -0.497 e. The lowest BCUT2D eigenvalue weighted by Gasteiger charge is -2.25. The number of amides is 2. The number of imide groups is 1. The van der Waals surface area contributed by atoms with Gasteiger partial charge in [-0.3, -0.25) is 19.2 Å². The Labute approximate surface area is 163 Å². The lowest BCUT2D eigenvalue weighted by molar-refractivity contribution is -0.129. The van der Waals surface area contributed by atoms with Crippen LogP contribution < -0.4 is 19.1 Å². The molecule has 28 heavy (non-hydrogen) atoms. The number of hydrogen-bond acceptors (Lipinski definition) is 6. The van der Waals surface area contributed by atoms with Gasteiger partial charge in [-0.25, -0.2) is 8.42 Å². The fourth-order valence-electron chi connectivity index (χ4n) is 2.93. The zero-order valence-corrected chi connectivity index (χ0v) is 16.3. The molecule has 0 saturated carbocycles. The summed E-state index contributed by atoms with van der Waals surface area (Å²) in [6.07, 6.45) is 0.975. The number of sulfonamides is 1. The van der Waals surface area contributed by atoms with Crippen molar-refractivity contribution in [1.29, 1.82) is 0 Å². The van der Waals surface area contributed by atoms with Gasteiger partial charge in [-0.05, 0) is 48.9 Å². The largest absolute Gasteiger partial charge is 0.497 e. The van der Waals surface area contributed by atoms with Gasteiger partial charge in [-0.1, -0.05) is 0 Å². The fourth-order valence-corrected chi connectivity index (χ4v) is 4.17. The Morgan fingerprint density at radius 2 is 1.57 bits per heavy atom. The zero-order valence-electron chi connectivity index (χ0n) is 15.5. The molecule has 0 spiro atoms. The van der Waals surface area contributed by atoms with E-state index in [1.165, 1.54) is 32.4 Å². The normalized spacial score (nSPS) is 14.7. The van der Waals surface area contributed by atoms with Crippen molar-refractivity contribution in [2.45, 2.75) is 24.2 Å². The van der Waals surface area contributed by atoms with Crippen molar-refractivity contribution in [2.24, 2.45) is 0 Å². The van der Waals surface area contributed by atoms with E-state index in [9.17, 15) is 18.0 Å². The van der Waals surface area contributed by atoms with Gasteiger partial charge in [0.25, 0.3) is 10.0 Å². The lowest BCUT2D eigenvalue weighted by Crippen LogP contribution is -2.40. The van der Waals surface area contributed by atoms with Crippen LogP contribution in [-0.2, 0) is 19.6 Å². The number of hydrogen-bond donors (Lipinski definition) is 1. The predicted molar refractivity (Wildman–Crippen MR) is 103 cm³/mol. The minimum atomic E-state index is -4.04. The van der Waals surface area contributed by atoms with Crippen LogP contribution in [0.3, 0.4) is 0 Å². The molecule has 2 aromatic carbocycles. The summed E-state index contributed by atoms with van der Waals surface area (Å²) >= 11 is 0. The molecule has 0 radical (unpaired) electrons. The molecule has 1 aliphatic heterocycles. The maximum atomic E-state index is 12.9. The molecule has 2 aromatic rings. The second-order valence-electron chi connectivity index (χ2n) is 6.15. The number of ether oxygens (including phenoxy) is 2. The molecule has 0 aromatic heterocycles. The number of piperidine rings is 1. The number of nitrogens with zero attached hydrogens (tertiary/aromatic N) is 1. The molecule has 148 valence electrons. The van der Waals surface area contributed by atoms with Gasteiger partial charge in [0, 0.05) is 18.5 Å². The highest BCUT2D eigenvalue weighted by Gasteiger charge is 2.29. The highest BCUT2D eigenvalue weighted by atomic mass is 32.2. The molecule has 8 nitrogen and oxygen atoms in total. The van der Waals surface area contributed by atoms with Gasteiger partial charge in [0.05, 0.1) is 19.9 Å². The highest BCUT2D eigenvalue weighted by Crippen LogP contribution is 2.32. The highest BCUT2D eigenvalue weighted by molar-refractivity contribution is 7.92. The van der Waals surface area contributed by atoms with Crippen LogP contribution in [0.4, 0.5) is 11.4 Å². The maximum Gasteiger partial charge on any atom is 0.265 e. The molecule has 3 rings (SSSR count). The molecular formula is C19H20N2O6S. The number of carbonyl (C=O) groups excluding carboxylic acids is 2. The van der Waals surface area contributed by atoms with Crippen LogP contribution in [0.15, 0.2) is 47.4 Å². The third kappa shape index (κ3) is 3.94. The molecule has 9 heteroatoms. The molecule has 0 atom stereocenters. The van der Waals surface area contributed by atoms with Gasteiger partial charge in [-0.15, -0.1) is 0 Å². The summed E-state index contributed by atoms with van der Waals surface area (Å²) in [7, 11) is -1.18. The standard InChI is InChI=1S/C19H20N2O6S/c1-26-15-9-6-13(7-10-15)20-28(24,25)17-12-14(8-11-16(17)27-2)21-18(22)4-3-5-19(21)23/h6-12,20H,3-5H2,1-2H3. The summed E-state index contributed by atoms with van der Waals surface area (Å²) in [5.74, 6) is -0.0212. The Hall–Kier alpha value is -3.07. The number of methoxy groups -OCH3 is 2. The molecular weight excluding hydrogens is 384 g/mol. The number of nitrogens with one attached hydrogen (secondary N) is 1. The van der Waals surface area contributed by atoms with Crippen LogP contribution in [0.1, 0.15) is 19.3 Å². The second-order valence-corrected chi connectivity index (χ2v) is 7.80.